The first-order valence-corrected chi connectivity index (χ1v) is 6.90. The van der Waals surface area contributed by atoms with Crippen molar-refractivity contribution in [3.8, 4) is 0 Å². The largest absolute Gasteiger partial charge is 0.330 e. The molecule has 0 aromatic heterocycles. The summed E-state index contributed by atoms with van der Waals surface area (Å²) in [5.74, 6) is -0.237. The molecule has 0 aliphatic carbocycles. The fourth-order valence-corrected chi connectivity index (χ4v) is 1.94. The molecule has 0 radical (unpaired) electrons. The Labute approximate surface area is 132 Å². The topological polar surface area (TPSA) is 61.4 Å². The first-order chi connectivity index (χ1) is 9.60. The van der Waals surface area contributed by atoms with Crippen molar-refractivity contribution < 1.29 is 9.59 Å². The van der Waals surface area contributed by atoms with Gasteiger partial charge in [-0.3, -0.25) is 9.59 Å². The zero-order valence-corrected chi connectivity index (χ0v) is 13.6. The summed E-state index contributed by atoms with van der Waals surface area (Å²) < 4.78 is 0. The van der Waals surface area contributed by atoms with Gasteiger partial charge in [0.15, 0.2) is 0 Å². The monoisotopic (exact) mass is 313 g/mol. The molecule has 0 aliphatic heterocycles. The Bertz CT molecular complexity index is 440. The van der Waals surface area contributed by atoms with Gasteiger partial charge in [0.25, 0.3) is 0 Å². The second kappa shape index (κ2) is 10.2. The van der Waals surface area contributed by atoms with E-state index in [1.54, 1.807) is 18.9 Å². The summed E-state index contributed by atoms with van der Waals surface area (Å²) in [6.07, 6.45) is 0.818. The summed E-state index contributed by atoms with van der Waals surface area (Å²) in [6, 6.07) is 8.76. The lowest BCUT2D eigenvalue weighted by Crippen LogP contribution is -2.48. The Hall–Kier alpha value is -1.59. The highest BCUT2D eigenvalue weighted by molar-refractivity contribution is 5.97. The number of hydrogen-bond donors (Lipinski definition) is 2. The van der Waals surface area contributed by atoms with Crippen LogP contribution in [-0.2, 0) is 9.59 Å². The molecule has 0 bridgehead atoms. The molecule has 0 heterocycles. The predicted octanol–water partition coefficient (Wildman–Crippen LogP) is 1.89. The van der Waals surface area contributed by atoms with Crippen molar-refractivity contribution in [2.75, 3.05) is 25.5 Å². The van der Waals surface area contributed by atoms with E-state index in [1.165, 1.54) is 0 Å². The summed E-state index contributed by atoms with van der Waals surface area (Å²) in [5, 5.41) is 5.65. The maximum absolute atomic E-state index is 12.2. The molecule has 21 heavy (non-hydrogen) atoms. The first kappa shape index (κ1) is 19.4. The highest BCUT2D eigenvalue weighted by atomic mass is 35.5. The van der Waals surface area contributed by atoms with Gasteiger partial charge in [-0.2, -0.15) is 0 Å². The maximum atomic E-state index is 12.2. The molecule has 0 saturated carbocycles. The van der Waals surface area contributed by atoms with Gasteiger partial charge < -0.3 is 15.5 Å². The number of para-hydroxylation sites is 1. The molecule has 1 aromatic carbocycles. The number of halogens is 1. The third kappa shape index (κ3) is 6.14. The van der Waals surface area contributed by atoms with Crippen LogP contribution in [0, 0.1) is 0 Å². The lowest BCUT2D eigenvalue weighted by atomic mass is 10.2. The van der Waals surface area contributed by atoms with Gasteiger partial charge in [0.1, 0.15) is 6.04 Å². The number of hydrogen-bond acceptors (Lipinski definition) is 3. The van der Waals surface area contributed by atoms with Gasteiger partial charge in [0, 0.05) is 12.2 Å². The zero-order valence-electron chi connectivity index (χ0n) is 12.8. The van der Waals surface area contributed by atoms with Crippen LogP contribution in [0.1, 0.15) is 20.3 Å². The van der Waals surface area contributed by atoms with Crippen LogP contribution in [0.15, 0.2) is 30.3 Å². The molecule has 2 amide bonds. The second-order valence-electron chi connectivity index (χ2n) is 4.65. The molecule has 118 valence electrons. The van der Waals surface area contributed by atoms with Crippen LogP contribution in [0.3, 0.4) is 0 Å². The van der Waals surface area contributed by atoms with Gasteiger partial charge in [-0.05, 0) is 32.5 Å². The molecule has 6 heteroatoms. The van der Waals surface area contributed by atoms with Crippen molar-refractivity contribution in [2.24, 2.45) is 0 Å². The average Bonchev–Trinajstić information content (AvgIpc) is 2.45. The smallest absolute Gasteiger partial charge is 0.246 e. The molecule has 0 saturated heterocycles. The van der Waals surface area contributed by atoms with Gasteiger partial charge in [-0.15, -0.1) is 12.4 Å². The summed E-state index contributed by atoms with van der Waals surface area (Å²) in [5.41, 5.74) is 0.738. The van der Waals surface area contributed by atoms with Crippen molar-refractivity contribution in [3.63, 3.8) is 0 Å². The Balaban J connectivity index is 0.00000400. The Morgan fingerprint density at radius 1 is 1.24 bits per heavy atom. The van der Waals surface area contributed by atoms with Crippen molar-refractivity contribution in [1.82, 2.24) is 10.2 Å². The Kier molecular flexibility index (Phi) is 9.41. The minimum Gasteiger partial charge on any atom is -0.330 e. The number of amides is 2. The fourth-order valence-electron chi connectivity index (χ4n) is 1.94. The number of nitrogens with one attached hydrogen (secondary N) is 2. The normalized spacial score (nSPS) is 11.2. The van der Waals surface area contributed by atoms with E-state index >= 15 is 0 Å². The second-order valence-corrected chi connectivity index (χ2v) is 4.65. The molecule has 1 atom stereocenters. The third-order valence-corrected chi connectivity index (χ3v) is 3.00. The molecule has 2 N–H and O–H groups in total. The molecule has 5 nitrogen and oxygen atoms in total. The van der Waals surface area contributed by atoms with E-state index in [1.807, 2.05) is 37.3 Å². The summed E-state index contributed by atoms with van der Waals surface area (Å²) in [6.45, 7) is 4.55. The molecular weight excluding hydrogens is 290 g/mol. The van der Waals surface area contributed by atoms with E-state index in [2.05, 4.69) is 10.6 Å². The predicted molar refractivity (Wildman–Crippen MR) is 87.7 cm³/mol. The van der Waals surface area contributed by atoms with Gasteiger partial charge >= 0.3 is 0 Å². The van der Waals surface area contributed by atoms with E-state index in [-0.39, 0.29) is 30.8 Å². The van der Waals surface area contributed by atoms with Crippen LogP contribution in [0.2, 0.25) is 0 Å². The fraction of sp³-hybridized carbons (Fsp3) is 0.467. The zero-order chi connectivity index (χ0) is 15.0. The molecule has 1 aromatic rings. The quantitative estimate of drug-likeness (QED) is 0.808. The molecular formula is C15H24ClN3O2. The number of rotatable bonds is 7. The van der Waals surface area contributed by atoms with Gasteiger partial charge in [0.05, 0.1) is 6.54 Å². The highest BCUT2D eigenvalue weighted by Crippen LogP contribution is 2.09. The van der Waals surface area contributed by atoms with E-state index in [0.717, 1.165) is 12.1 Å². The van der Waals surface area contributed by atoms with Crippen molar-refractivity contribution in [1.29, 1.82) is 0 Å². The number of carbonyl (C=O) groups excluding carboxylic acids is 2. The lowest BCUT2D eigenvalue weighted by molar-refractivity contribution is -0.137. The Morgan fingerprint density at radius 3 is 2.38 bits per heavy atom. The van der Waals surface area contributed by atoms with E-state index in [9.17, 15) is 9.59 Å². The molecule has 0 fully saturated rings. The third-order valence-electron chi connectivity index (χ3n) is 3.00. The van der Waals surface area contributed by atoms with Crippen LogP contribution in [-0.4, -0.2) is 42.9 Å². The van der Waals surface area contributed by atoms with Gasteiger partial charge in [-0.25, -0.2) is 0 Å². The number of likely N-dealkylation sites (N-methyl/N-ethyl adjacent to an activating group) is 1. The van der Waals surface area contributed by atoms with Gasteiger partial charge in [-0.1, -0.05) is 25.1 Å². The van der Waals surface area contributed by atoms with Crippen LogP contribution in [0.25, 0.3) is 0 Å². The van der Waals surface area contributed by atoms with E-state index < -0.39 is 6.04 Å². The lowest BCUT2D eigenvalue weighted by Gasteiger charge is -2.28. The Morgan fingerprint density at radius 2 is 1.86 bits per heavy atom. The molecule has 1 rings (SSSR count). The van der Waals surface area contributed by atoms with Crippen molar-refractivity contribution >= 4 is 29.9 Å². The number of anilines is 1. The minimum absolute atomic E-state index is 0. The standard InChI is InChI=1S/C15H23N3O2.ClH/c1-4-10-18(14(19)11-16-3)12(2)15(20)17-13-8-6-5-7-9-13;/h5-9,12,16H,4,10-11H2,1-3H3,(H,17,20);1H. The van der Waals surface area contributed by atoms with E-state index in [0.29, 0.717) is 6.54 Å². The number of nitrogens with zero attached hydrogens (tertiary/aromatic N) is 1. The number of benzene rings is 1. The molecule has 0 aliphatic rings. The summed E-state index contributed by atoms with van der Waals surface area (Å²) >= 11 is 0. The van der Waals surface area contributed by atoms with E-state index in [4.69, 9.17) is 0 Å². The summed E-state index contributed by atoms with van der Waals surface area (Å²) in [7, 11) is 1.72. The highest BCUT2D eigenvalue weighted by Gasteiger charge is 2.24. The first-order valence-electron chi connectivity index (χ1n) is 6.90. The van der Waals surface area contributed by atoms with Crippen molar-refractivity contribution in [2.45, 2.75) is 26.3 Å². The maximum Gasteiger partial charge on any atom is 0.246 e. The SMILES string of the molecule is CCCN(C(=O)CNC)C(C)C(=O)Nc1ccccc1.Cl. The number of carbonyl (C=O) groups is 2. The molecule has 1 unspecified atom stereocenters. The van der Waals surface area contributed by atoms with Gasteiger partial charge in [0.2, 0.25) is 11.8 Å². The van der Waals surface area contributed by atoms with Crippen LogP contribution in [0.5, 0.6) is 0 Å². The van der Waals surface area contributed by atoms with Crippen molar-refractivity contribution in [3.05, 3.63) is 30.3 Å². The van der Waals surface area contributed by atoms with Crippen LogP contribution < -0.4 is 10.6 Å². The molecule has 0 spiro atoms. The van der Waals surface area contributed by atoms with Crippen LogP contribution in [0.4, 0.5) is 5.69 Å². The minimum atomic E-state index is -0.490. The summed E-state index contributed by atoms with van der Waals surface area (Å²) in [4.78, 5) is 25.8. The average molecular weight is 314 g/mol. The van der Waals surface area contributed by atoms with Crippen LogP contribution >= 0.6 is 12.4 Å².